The van der Waals surface area contributed by atoms with Gasteiger partial charge in [-0.1, -0.05) is 11.6 Å². The molecule has 5 rings (SSSR count). The third-order valence-electron chi connectivity index (χ3n) is 6.49. The summed E-state index contributed by atoms with van der Waals surface area (Å²) in [7, 11) is 0. The molecule has 1 N–H and O–H groups in total. The molecule has 2 aliphatic heterocycles. The van der Waals surface area contributed by atoms with Gasteiger partial charge in [-0.3, -0.25) is 9.59 Å². The van der Waals surface area contributed by atoms with Gasteiger partial charge in [0.25, 0.3) is 0 Å². The van der Waals surface area contributed by atoms with Crippen LogP contribution >= 0.6 is 11.6 Å². The van der Waals surface area contributed by atoms with Crippen molar-refractivity contribution in [1.82, 2.24) is 5.32 Å². The quantitative estimate of drug-likeness (QED) is 0.672. The standard InChI is InChI=1S/C25H24ClNO6/c1-13-21(25(30)33-11-15-4-3-9-31-15)22(23-18(27-13)5-2-6-19(23)28)17-12-32-20-8-7-14(26)10-16(20)24(17)29/h7-8,10,12,15,22,27H,2-6,9,11H2,1H3/t15-,22-/m1/s1. The average Bonchev–Trinajstić information content (AvgIpc) is 3.31. The van der Waals surface area contributed by atoms with Crippen LogP contribution in [0.4, 0.5) is 0 Å². The maximum absolute atomic E-state index is 13.5. The number of rotatable bonds is 4. The summed E-state index contributed by atoms with van der Waals surface area (Å²) in [6, 6.07) is 4.80. The van der Waals surface area contributed by atoms with Crippen molar-refractivity contribution in [3.63, 3.8) is 0 Å². The zero-order valence-electron chi connectivity index (χ0n) is 18.2. The normalized spacial score (nSPS) is 23.0. The van der Waals surface area contributed by atoms with Gasteiger partial charge in [0.1, 0.15) is 12.2 Å². The van der Waals surface area contributed by atoms with E-state index in [9.17, 15) is 14.4 Å². The van der Waals surface area contributed by atoms with E-state index in [0.717, 1.165) is 18.5 Å². The smallest absolute Gasteiger partial charge is 0.336 e. The SMILES string of the molecule is CC1=C(C(=O)OC[C@H]2CCCO2)[C@@H](c2coc3ccc(Cl)cc3c2=O)C2=C(CCCC2=O)N1. The van der Waals surface area contributed by atoms with Crippen molar-refractivity contribution in [1.29, 1.82) is 0 Å². The number of carbonyl (C=O) groups is 2. The number of Topliss-reactive ketones (excluding diaryl/α,β-unsaturated/α-hetero) is 1. The molecule has 33 heavy (non-hydrogen) atoms. The lowest BCUT2D eigenvalue weighted by Gasteiger charge is -2.33. The lowest BCUT2D eigenvalue weighted by Crippen LogP contribution is -2.36. The predicted octanol–water partition coefficient (Wildman–Crippen LogP) is 4.14. The Labute approximate surface area is 195 Å². The van der Waals surface area contributed by atoms with Crippen molar-refractivity contribution in [2.45, 2.75) is 51.0 Å². The summed E-state index contributed by atoms with van der Waals surface area (Å²) >= 11 is 6.12. The number of nitrogens with one attached hydrogen (secondary N) is 1. The van der Waals surface area contributed by atoms with Gasteiger partial charge in [0.2, 0.25) is 0 Å². The van der Waals surface area contributed by atoms with Gasteiger partial charge in [0.15, 0.2) is 11.2 Å². The Morgan fingerprint density at radius 1 is 1.24 bits per heavy atom. The van der Waals surface area contributed by atoms with Gasteiger partial charge in [-0.05, 0) is 50.8 Å². The monoisotopic (exact) mass is 469 g/mol. The molecular weight excluding hydrogens is 446 g/mol. The molecule has 0 unspecified atom stereocenters. The highest BCUT2D eigenvalue weighted by molar-refractivity contribution is 6.31. The fourth-order valence-corrected chi connectivity index (χ4v) is 5.08. The minimum atomic E-state index is -0.870. The Balaban J connectivity index is 1.61. The Morgan fingerprint density at radius 2 is 2.09 bits per heavy atom. The number of carbonyl (C=O) groups excluding carboxylic acids is 2. The lowest BCUT2D eigenvalue weighted by atomic mass is 9.75. The largest absolute Gasteiger partial charge is 0.464 e. The van der Waals surface area contributed by atoms with Crippen molar-refractivity contribution < 1.29 is 23.5 Å². The highest BCUT2D eigenvalue weighted by Gasteiger charge is 2.41. The molecule has 2 aromatic rings. The van der Waals surface area contributed by atoms with E-state index < -0.39 is 11.9 Å². The third kappa shape index (κ3) is 4.00. The molecule has 1 aromatic heterocycles. The van der Waals surface area contributed by atoms with E-state index in [4.69, 9.17) is 25.5 Å². The van der Waals surface area contributed by atoms with Gasteiger partial charge in [0, 0.05) is 40.6 Å². The zero-order valence-corrected chi connectivity index (χ0v) is 19.0. The van der Waals surface area contributed by atoms with E-state index in [1.165, 1.54) is 12.3 Å². The minimum absolute atomic E-state index is 0.0868. The Bertz CT molecular complexity index is 1270. The Morgan fingerprint density at radius 3 is 2.88 bits per heavy atom. The van der Waals surface area contributed by atoms with Crippen LogP contribution in [0.25, 0.3) is 11.0 Å². The number of ether oxygens (including phenoxy) is 2. The van der Waals surface area contributed by atoms with Crippen LogP contribution < -0.4 is 10.7 Å². The molecule has 7 nitrogen and oxygen atoms in total. The van der Waals surface area contributed by atoms with Crippen molar-refractivity contribution in [2.75, 3.05) is 13.2 Å². The molecule has 0 bridgehead atoms. The van der Waals surface area contributed by atoms with E-state index >= 15 is 0 Å². The van der Waals surface area contributed by atoms with Gasteiger partial charge < -0.3 is 19.2 Å². The summed E-state index contributed by atoms with van der Waals surface area (Å²) in [6.45, 7) is 2.54. The summed E-state index contributed by atoms with van der Waals surface area (Å²) in [5, 5.41) is 3.92. The number of halogens is 1. The molecule has 1 saturated heterocycles. The Kier molecular flexibility index (Phi) is 5.85. The number of hydrogen-bond donors (Lipinski definition) is 1. The van der Waals surface area contributed by atoms with Gasteiger partial charge in [-0.2, -0.15) is 0 Å². The summed E-state index contributed by atoms with van der Waals surface area (Å²) in [4.78, 5) is 39.9. The van der Waals surface area contributed by atoms with Crippen LogP contribution in [0.15, 0.2) is 56.2 Å². The molecule has 0 spiro atoms. The number of dihydropyridines is 1. The molecule has 3 aliphatic rings. The predicted molar refractivity (Wildman–Crippen MR) is 122 cm³/mol. The second-order valence-electron chi connectivity index (χ2n) is 8.66. The van der Waals surface area contributed by atoms with E-state index in [1.807, 2.05) is 0 Å². The fraction of sp³-hybridized carbons (Fsp3) is 0.400. The highest BCUT2D eigenvalue weighted by atomic mass is 35.5. The molecule has 1 aromatic carbocycles. The van der Waals surface area contributed by atoms with E-state index in [0.29, 0.717) is 53.1 Å². The summed E-state index contributed by atoms with van der Waals surface area (Å²) in [5.41, 5.74) is 2.27. The van der Waals surface area contributed by atoms with E-state index in [-0.39, 0.29) is 35.1 Å². The highest BCUT2D eigenvalue weighted by Crippen LogP contribution is 2.42. The van der Waals surface area contributed by atoms with Crippen LogP contribution in [0.1, 0.15) is 50.5 Å². The van der Waals surface area contributed by atoms with Crippen molar-refractivity contribution in [3.05, 3.63) is 67.8 Å². The average molecular weight is 470 g/mol. The topological polar surface area (TPSA) is 94.8 Å². The number of esters is 1. The van der Waals surface area contributed by atoms with E-state index in [2.05, 4.69) is 5.32 Å². The molecule has 3 heterocycles. The summed E-state index contributed by atoms with van der Waals surface area (Å²) in [5.74, 6) is -1.53. The molecule has 0 radical (unpaired) electrons. The third-order valence-corrected chi connectivity index (χ3v) is 6.73. The maximum Gasteiger partial charge on any atom is 0.336 e. The molecule has 1 fully saturated rings. The summed E-state index contributed by atoms with van der Waals surface area (Å²) in [6.07, 6.45) is 4.71. The second kappa shape index (κ2) is 8.80. The maximum atomic E-state index is 13.5. The number of allylic oxidation sites excluding steroid dienone is 3. The molecule has 0 saturated carbocycles. The Hall–Kier alpha value is -2.90. The van der Waals surface area contributed by atoms with E-state index in [1.54, 1.807) is 19.1 Å². The number of hydrogen-bond acceptors (Lipinski definition) is 7. The molecular formula is C25H24ClNO6. The minimum Gasteiger partial charge on any atom is -0.464 e. The first kappa shape index (κ1) is 21.9. The molecule has 1 aliphatic carbocycles. The van der Waals surface area contributed by atoms with Crippen LogP contribution in [0, 0.1) is 0 Å². The number of fused-ring (bicyclic) bond motifs is 1. The first-order chi connectivity index (χ1) is 15.9. The van der Waals surface area contributed by atoms with Crippen molar-refractivity contribution in [2.24, 2.45) is 0 Å². The van der Waals surface area contributed by atoms with Gasteiger partial charge in [-0.15, -0.1) is 0 Å². The van der Waals surface area contributed by atoms with Crippen LogP contribution in [0.5, 0.6) is 0 Å². The molecule has 172 valence electrons. The van der Waals surface area contributed by atoms with Gasteiger partial charge in [0.05, 0.1) is 29.2 Å². The van der Waals surface area contributed by atoms with Crippen molar-refractivity contribution >= 4 is 34.3 Å². The van der Waals surface area contributed by atoms with Crippen molar-refractivity contribution in [3.8, 4) is 0 Å². The molecule has 2 atom stereocenters. The van der Waals surface area contributed by atoms with Crippen LogP contribution in [0.3, 0.4) is 0 Å². The zero-order chi connectivity index (χ0) is 23.1. The fourth-order valence-electron chi connectivity index (χ4n) is 4.90. The van der Waals surface area contributed by atoms with Gasteiger partial charge >= 0.3 is 5.97 Å². The molecule has 0 amide bonds. The first-order valence-corrected chi connectivity index (χ1v) is 11.6. The van der Waals surface area contributed by atoms with Crippen LogP contribution in [-0.4, -0.2) is 31.1 Å². The lowest BCUT2D eigenvalue weighted by molar-refractivity contribution is -0.142. The van der Waals surface area contributed by atoms with Crippen LogP contribution in [0.2, 0.25) is 5.02 Å². The number of benzene rings is 1. The second-order valence-corrected chi connectivity index (χ2v) is 9.10. The van der Waals surface area contributed by atoms with Crippen LogP contribution in [-0.2, 0) is 19.1 Å². The first-order valence-electron chi connectivity index (χ1n) is 11.2. The van der Waals surface area contributed by atoms with Gasteiger partial charge in [-0.25, -0.2) is 4.79 Å². The summed E-state index contributed by atoms with van der Waals surface area (Å²) < 4.78 is 16.9. The number of ketones is 1. The molecule has 8 heteroatoms.